The second-order valence-corrected chi connectivity index (χ2v) is 7.19. The SMILES string of the molecule is NCC(=O)N[C@@H](Cc1ccc(O)cc1)C(=O)[Se]c1ccccc1. The molecule has 0 aliphatic carbocycles. The van der Waals surface area contributed by atoms with Gasteiger partial charge in [-0.3, -0.25) is 0 Å². The molecule has 1 atom stereocenters. The number of phenols is 1. The van der Waals surface area contributed by atoms with Gasteiger partial charge in [0.2, 0.25) is 0 Å². The molecule has 0 saturated heterocycles. The molecule has 2 aromatic rings. The number of carbonyl (C=O) groups is 2. The molecule has 4 N–H and O–H groups in total. The fraction of sp³-hybridized carbons (Fsp3) is 0.176. The number of amides is 1. The van der Waals surface area contributed by atoms with E-state index in [0.717, 1.165) is 10.0 Å². The third-order valence-electron chi connectivity index (χ3n) is 3.14. The standard InChI is InChI=1S/C17H18N2O3Se/c18-11-16(21)19-15(10-12-6-8-13(20)9-7-12)17(22)23-14-4-2-1-3-5-14/h1-9,15,20H,10-11,18H2,(H,19,21)/t15-/m0/s1. The summed E-state index contributed by atoms with van der Waals surface area (Å²) < 4.78 is 0.946. The normalized spacial score (nSPS) is 11.7. The van der Waals surface area contributed by atoms with Crippen LogP contribution >= 0.6 is 0 Å². The molecule has 2 rings (SSSR count). The van der Waals surface area contributed by atoms with Crippen LogP contribution in [0.25, 0.3) is 0 Å². The van der Waals surface area contributed by atoms with Crippen LogP contribution in [0.5, 0.6) is 5.75 Å². The van der Waals surface area contributed by atoms with Crippen molar-refractivity contribution in [2.75, 3.05) is 6.54 Å². The van der Waals surface area contributed by atoms with E-state index in [-0.39, 0.29) is 37.8 Å². The van der Waals surface area contributed by atoms with Crippen molar-refractivity contribution in [3.8, 4) is 5.75 Å². The molecule has 0 aromatic heterocycles. The van der Waals surface area contributed by atoms with Gasteiger partial charge in [0, 0.05) is 0 Å². The van der Waals surface area contributed by atoms with Crippen molar-refractivity contribution < 1.29 is 14.7 Å². The molecule has 23 heavy (non-hydrogen) atoms. The van der Waals surface area contributed by atoms with Gasteiger partial charge in [0.05, 0.1) is 0 Å². The summed E-state index contributed by atoms with van der Waals surface area (Å²) in [6, 6.07) is 15.5. The van der Waals surface area contributed by atoms with Crippen molar-refractivity contribution in [3.63, 3.8) is 0 Å². The van der Waals surface area contributed by atoms with Crippen LogP contribution in [-0.4, -0.2) is 43.2 Å². The Morgan fingerprint density at radius 3 is 2.35 bits per heavy atom. The van der Waals surface area contributed by atoms with Gasteiger partial charge in [-0.15, -0.1) is 0 Å². The van der Waals surface area contributed by atoms with E-state index in [0.29, 0.717) is 6.42 Å². The van der Waals surface area contributed by atoms with Crippen LogP contribution in [0.3, 0.4) is 0 Å². The van der Waals surface area contributed by atoms with Crippen molar-refractivity contribution in [1.29, 1.82) is 0 Å². The average Bonchev–Trinajstić information content (AvgIpc) is 2.57. The summed E-state index contributed by atoms with van der Waals surface area (Å²) in [5.41, 5.74) is 6.20. The zero-order valence-corrected chi connectivity index (χ0v) is 14.2. The number of hydrogen-bond acceptors (Lipinski definition) is 4. The Balaban J connectivity index is 2.10. The van der Waals surface area contributed by atoms with Crippen molar-refractivity contribution in [2.45, 2.75) is 12.5 Å². The van der Waals surface area contributed by atoms with Gasteiger partial charge in [0.1, 0.15) is 0 Å². The van der Waals surface area contributed by atoms with Crippen molar-refractivity contribution in [1.82, 2.24) is 5.32 Å². The van der Waals surface area contributed by atoms with Gasteiger partial charge >= 0.3 is 141 Å². The molecule has 0 saturated carbocycles. The molecule has 1 amide bonds. The van der Waals surface area contributed by atoms with Crippen LogP contribution in [-0.2, 0) is 16.0 Å². The molecule has 0 radical (unpaired) electrons. The molecule has 0 unspecified atom stereocenters. The number of nitrogens with two attached hydrogens (primary N) is 1. The van der Waals surface area contributed by atoms with Crippen LogP contribution in [0.2, 0.25) is 0 Å². The van der Waals surface area contributed by atoms with Crippen LogP contribution in [0, 0.1) is 0 Å². The minimum absolute atomic E-state index is 0.0152. The van der Waals surface area contributed by atoms with Crippen LogP contribution in [0.15, 0.2) is 54.6 Å². The fourth-order valence-electron chi connectivity index (χ4n) is 1.99. The van der Waals surface area contributed by atoms with Crippen LogP contribution < -0.4 is 15.5 Å². The molecular formula is C17H18N2O3Se. The number of rotatable bonds is 7. The number of carbonyl (C=O) groups excluding carboxylic acids is 2. The van der Waals surface area contributed by atoms with Crippen molar-refractivity contribution in [2.24, 2.45) is 5.73 Å². The summed E-state index contributed by atoms with van der Waals surface area (Å²) in [4.78, 5) is 24.2. The maximum atomic E-state index is 12.6. The molecule has 2 aromatic carbocycles. The predicted octanol–water partition coefficient (Wildman–Crippen LogP) is -0.0655. The quantitative estimate of drug-likeness (QED) is 0.590. The number of benzene rings is 2. The minimum atomic E-state index is -0.615. The van der Waals surface area contributed by atoms with E-state index in [4.69, 9.17) is 5.73 Å². The van der Waals surface area contributed by atoms with Gasteiger partial charge in [-0.25, -0.2) is 0 Å². The zero-order valence-electron chi connectivity index (χ0n) is 12.4. The number of nitrogens with one attached hydrogen (secondary N) is 1. The van der Waals surface area contributed by atoms with Gasteiger partial charge in [0.15, 0.2) is 0 Å². The zero-order chi connectivity index (χ0) is 16.7. The first kappa shape index (κ1) is 17.2. The summed E-state index contributed by atoms with van der Waals surface area (Å²) in [5.74, 6) is -0.192. The Bertz CT molecular complexity index is 659. The molecule has 5 nitrogen and oxygen atoms in total. The van der Waals surface area contributed by atoms with Gasteiger partial charge < -0.3 is 0 Å². The van der Waals surface area contributed by atoms with Crippen molar-refractivity contribution in [3.05, 3.63) is 60.2 Å². The molecule has 0 spiro atoms. The van der Waals surface area contributed by atoms with Crippen LogP contribution in [0.4, 0.5) is 0 Å². The van der Waals surface area contributed by atoms with Gasteiger partial charge in [0.25, 0.3) is 0 Å². The fourth-order valence-corrected chi connectivity index (χ4v) is 3.69. The maximum absolute atomic E-state index is 12.6. The van der Waals surface area contributed by atoms with E-state index < -0.39 is 6.04 Å². The topological polar surface area (TPSA) is 92.4 Å². The molecule has 120 valence electrons. The van der Waals surface area contributed by atoms with E-state index >= 15 is 0 Å². The molecular weight excluding hydrogens is 359 g/mol. The van der Waals surface area contributed by atoms with E-state index in [9.17, 15) is 14.7 Å². The predicted molar refractivity (Wildman–Crippen MR) is 89.6 cm³/mol. The Kier molecular flexibility index (Phi) is 6.35. The Morgan fingerprint density at radius 2 is 1.74 bits per heavy atom. The Morgan fingerprint density at radius 1 is 1.09 bits per heavy atom. The molecule has 0 aliphatic rings. The summed E-state index contributed by atoms with van der Waals surface area (Å²) in [6.45, 7) is -0.155. The first-order valence-corrected chi connectivity index (χ1v) is 8.84. The van der Waals surface area contributed by atoms with Crippen molar-refractivity contribution >= 4 is 30.0 Å². The average molecular weight is 377 g/mol. The van der Waals surface area contributed by atoms with E-state index in [2.05, 4.69) is 5.32 Å². The molecule has 0 aliphatic heterocycles. The monoisotopic (exact) mass is 378 g/mol. The summed E-state index contributed by atoms with van der Waals surface area (Å²) in [7, 11) is 0. The van der Waals surface area contributed by atoms with E-state index in [1.165, 1.54) is 0 Å². The molecule has 0 fully saturated rings. The number of hydrogen-bond donors (Lipinski definition) is 3. The van der Waals surface area contributed by atoms with E-state index in [1.54, 1.807) is 24.3 Å². The van der Waals surface area contributed by atoms with Gasteiger partial charge in [-0.2, -0.15) is 0 Å². The van der Waals surface area contributed by atoms with E-state index in [1.807, 2.05) is 30.3 Å². The Hall–Kier alpha value is -2.14. The first-order valence-electron chi connectivity index (χ1n) is 7.12. The molecule has 0 bridgehead atoms. The second-order valence-electron chi connectivity index (χ2n) is 4.93. The van der Waals surface area contributed by atoms with Gasteiger partial charge in [-0.05, 0) is 0 Å². The van der Waals surface area contributed by atoms with Gasteiger partial charge in [-0.1, -0.05) is 0 Å². The number of aromatic hydroxyl groups is 1. The second kappa shape index (κ2) is 8.48. The third-order valence-corrected chi connectivity index (χ3v) is 5.23. The summed E-state index contributed by atoms with van der Waals surface area (Å²) >= 11 is -0.384. The van der Waals surface area contributed by atoms with Crippen LogP contribution in [0.1, 0.15) is 5.56 Å². The summed E-state index contributed by atoms with van der Waals surface area (Å²) in [5, 5.41) is 12.0. The summed E-state index contributed by atoms with van der Waals surface area (Å²) in [6.07, 6.45) is 0.374. The molecule has 0 heterocycles. The Labute approximate surface area is 141 Å². The molecule has 6 heteroatoms. The first-order chi connectivity index (χ1) is 11.1. The number of phenolic OH excluding ortho intramolecular Hbond substituents is 1. The third kappa shape index (κ3) is 5.53.